The second-order valence-electron chi connectivity index (χ2n) is 17.8. The van der Waals surface area contributed by atoms with E-state index >= 15 is 13.2 Å². The van der Waals surface area contributed by atoms with Crippen LogP contribution in [0.25, 0.3) is 43.8 Å². The van der Waals surface area contributed by atoms with E-state index in [1.165, 1.54) is 0 Å². The van der Waals surface area contributed by atoms with E-state index in [4.69, 9.17) is 0 Å². The molecular formula is C58H52F3N. The lowest BCUT2D eigenvalue weighted by molar-refractivity contribution is 0.424. The smallest absolute Gasteiger partial charge is 0.136 e. The average molecular weight is 820 g/mol. The molecule has 7 aromatic rings. The number of hydrogen-bond acceptors (Lipinski definition) is 1. The van der Waals surface area contributed by atoms with Gasteiger partial charge in [0.25, 0.3) is 0 Å². The van der Waals surface area contributed by atoms with Crippen molar-refractivity contribution in [2.24, 2.45) is 5.92 Å². The molecule has 4 heteroatoms. The molecule has 0 saturated heterocycles. The molecule has 0 radical (unpaired) electrons. The minimum Gasteiger partial charge on any atom is -0.309 e. The molecule has 7 aromatic carbocycles. The van der Waals surface area contributed by atoms with Crippen molar-refractivity contribution in [1.82, 2.24) is 0 Å². The van der Waals surface area contributed by atoms with Gasteiger partial charge in [-0.3, -0.25) is 0 Å². The molecule has 0 aliphatic heterocycles. The molecule has 2 atom stereocenters. The predicted molar refractivity (Wildman–Crippen MR) is 256 cm³/mol. The van der Waals surface area contributed by atoms with Gasteiger partial charge in [-0.05, 0) is 147 Å². The van der Waals surface area contributed by atoms with E-state index in [0.29, 0.717) is 50.4 Å². The fourth-order valence-electron chi connectivity index (χ4n) is 10.6. The van der Waals surface area contributed by atoms with Crippen LogP contribution in [0.5, 0.6) is 0 Å². The summed E-state index contributed by atoms with van der Waals surface area (Å²) in [6, 6.07) is 30.4. The van der Waals surface area contributed by atoms with Crippen LogP contribution in [0, 0.1) is 78.8 Å². The topological polar surface area (TPSA) is 3.24 Å². The van der Waals surface area contributed by atoms with Crippen LogP contribution in [-0.2, 0) is 5.41 Å². The Morgan fingerprint density at radius 3 is 1.47 bits per heavy atom. The fraction of sp³-hybridized carbons (Fsp3) is 0.207. The molecule has 0 saturated carbocycles. The maximum absolute atomic E-state index is 17.9. The summed E-state index contributed by atoms with van der Waals surface area (Å²) in [7, 11) is 0. The molecule has 0 N–H and O–H groups in total. The Morgan fingerprint density at radius 1 is 0.484 bits per heavy atom. The Bertz CT molecular complexity index is 3030. The van der Waals surface area contributed by atoms with Crippen LogP contribution < -0.4 is 4.90 Å². The fourth-order valence-corrected chi connectivity index (χ4v) is 10.6. The van der Waals surface area contributed by atoms with Crippen molar-refractivity contribution in [2.45, 2.75) is 74.7 Å². The third-order valence-corrected chi connectivity index (χ3v) is 14.1. The summed E-state index contributed by atoms with van der Waals surface area (Å²) in [5, 5.41) is 3.99. The number of fused-ring (bicyclic) bond motifs is 3. The Morgan fingerprint density at radius 2 is 0.952 bits per heavy atom. The predicted octanol–water partition coefficient (Wildman–Crippen LogP) is 16.6. The number of rotatable bonds is 6. The quantitative estimate of drug-likeness (QED) is 0.162. The lowest BCUT2D eigenvalue weighted by Gasteiger charge is -2.43. The van der Waals surface area contributed by atoms with Crippen molar-refractivity contribution in [1.29, 1.82) is 0 Å². The zero-order valence-corrected chi connectivity index (χ0v) is 37.3. The minimum absolute atomic E-state index is 0.0554. The van der Waals surface area contributed by atoms with E-state index in [2.05, 4.69) is 50.3 Å². The van der Waals surface area contributed by atoms with Crippen molar-refractivity contribution < 1.29 is 13.2 Å². The molecule has 62 heavy (non-hydrogen) atoms. The van der Waals surface area contributed by atoms with Crippen molar-refractivity contribution in [3.8, 4) is 22.3 Å². The van der Waals surface area contributed by atoms with Gasteiger partial charge >= 0.3 is 0 Å². The molecule has 0 heterocycles. The molecule has 310 valence electrons. The Balaban J connectivity index is 1.32. The van der Waals surface area contributed by atoms with Gasteiger partial charge < -0.3 is 4.90 Å². The number of halogens is 3. The Hall–Kier alpha value is -6.39. The van der Waals surface area contributed by atoms with Crippen LogP contribution in [0.2, 0.25) is 0 Å². The summed E-state index contributed by atoms with van der Waals surface area (Å²) < 4.78 is 53.2. The first-order valence-electron chi connectivity index (χ1n) is 21.6. The number of benzene rings is 7. The molecule has 0 bridgehead atoms. The van der Waals surface area contributed by atoms with E-state index in [9.17, 15) is 0 Å². The lowest BCUT2D eigenvalue weighted by Crippen LogP contribution is -2.37. The van der Waals surface area contributed by atoms with Crippen LogP contribution in [0.15, 0.2) is 139 Å². The number of hydrogen-bond donors (Lipinski definition) is 0. The first-order valence-corrected chi connectivity index (χ1v) is 21.6. The molecule has 2 unspecified atom stereocenters. The second-order valence-corrected chi connectivity index (χ2v) is 17.8. The normalized spacial score (nSPS) is 17.1. The molecular weight excluding hydrogens is 768 g/mol. The number of nitrogens with zero attached hydrogens (tertiary/aromatic N) is 1. The molecule has 9 rings (SSSR count). The summed E-state index contributed by atoms with van der Waals surface area (Å²) in [6.07, 6.45) is 12.6. The zero-order chi connectivity index (χ0) is 43.9. The van der Waals surface area contributed by atoms with E-state index < -0.39 is 5.41 Å². The van der Waals surface area contributed by atoms with E-state index in [1.54, 1.807) is 20.8 Å². The molecule has 0 amide bonds. The van der Waals surface area contributed by atoms with Gasteiger partial charge in [-0.15, -0.1) is 0 Å². The monoisotopic (exact) mass is 819 g/mol. The number of allylic oxidation sites excluding steroid dienone is 8. The maximum Gasteiger partial charge on any atom is 0.136 e. The molecule has 0 spiro atoms. The van der Waals surface area contributed by atoms with Crippen LogP contribution >= 0.6 is 0 Å². The largest absolute Gasteiger partial charge is 0.309 e. The highest BCUT2D eigenvalue weighted by atomic mass is 19.1. The van der Waals surface area contributed by atoms with Gasteiger partial charge in [-0.25, -0.2) is 13.2 Å². The summed E-state index contributed by atoms with van der Waals surface area (Å²) >= 11 is 0. The van der Waals surface area contributed by atoms with E-state index in [0.717, 1.165) is 71.6 Å². The highest BCUT2D eigenvalue weighted by Gasteiger charge is 2.43. The van der Waals surface area contributed by atoms with Gasteiger partial charge in [0, 0.05) is 44.7 Å². The van der Waals surface area contributed by atoms with Gasteiger partial charge in [-0.1, -0.05) is 122 Å². The standard InChI is InChI=1S/C58H52F3N/c1-32-23-26-41-17-11-14-20-44(41)50(32)52-34(3)29-47(38(7)55(52)59)62(48-30-35(4)53(56(60)39(48)8)51-33(2)24-27-42-18-12-15-21-45(42)51)49-31-36(5)54(57(61)40(49)9)58(10)37(6)25-28-43-19-13-16-22-46(43)58/h11-31,46H,1-10H3. The Labute approximate surface area is 364 Å². The van der Waals surface area contributed by atoms with Gasteiger partial charge in [0.15, 0.2) is 0 Å². The zero-order valence-electron chi connectivity index (χ0n) is 37.3. The molecule has 2 aliphatic rings. The van der Waals surface area contributed by atoms with Crippen LogP contribution in [0.4, 0.5) is 30.2 Å². The highest BCUT2D eigenvalue weighted by Crippen LogP contribution is 2.53. The van der Waals surface area contributed by atoms with Crippen molar-refractivity contribution in [3.63, 3.8) is 0 Å². The minimum atomic E-state index is -0.666. The Kier molecular flexibility index (Phi) is 10.0. The van der Waals surface area contributed by atoms with Gasteiger partial charge in [0.2, 0.25) is 0 Å². The highest BCUT2D eigenvalue weighted by molar-refractivity contribution is 6.01. The van der Waals surface area contributed by atoms with Gasteiger partial charge in [0.1, 0.15) is 17.5 Å². The molecule has 2 aliphatic carbocycles. The average Bonchev–Trinajstić information content (AvgIpc) is 3.26. The van der Waals surface area contributed by atoms with Crippen molar-refractivity contribution in [3.05, 3.63) is 206 Å². The van der Waals surface area contributed by atoms with Crippen LogP contribution in [-0.4, -0.2) is 0 Å². The van der Waals surface area contributed by atoms with Gasteiger partial charge in [0.05, 0.1) is 17.1 Å². The number of aryl methyl sites for hydroxylation is 5. The van der Waals surface area contributed by atoms with Crippen LogP contribution in [0.3, 0.4) is 0 Å². The SMILES string of the molecule is CC1=CC=C2C=CC=CC2C1(C)c1c(C)cc(N(c2cc(C)c(-c3c(C)ccc4ccccc34)c(F)c2C)c2cc(C)c(-c3c(C)ccc4ccccc34)c(F)c2C)c(C)c1F. The van der Waals surface area contributed by atoms with Crippen LogP contribution in [0.1, 0.15) is 63.9 Å². The molecule has 1 nitrogen and oxygen atoms in total. The third kappa shape index (κ3) is 6.13. The summed E-state index contributed by atoms with van der Waals surface area (Å²) in [5.41, 5.74) is 11.8. The van der Waals surface area contributed by atoms with E-state index in [1.807, 2.05) is 131 Å². The lowest BCUT2D eigenvalue weighted by atomic mass is 9.60. The first-order chi connectivity index (χ1) is 29.6. The summed E-state index contributed by atoms with van der Waals surface area (Å²) in [6.45, 7) is 19.5. The second kappa shape index (κ2) is 15.2. The van der Waals surface area contributed by atoms with Crippen molar-refractivity contribution >= 4 is 38.6 Å². The summed E-state index contributed by atoms with van der Waals surface area (Å²) in [4.78, 5) is 1.91. The van der Waals surface area contributed by atoms with Crippen molar-refractivity contribution in [2.75, 3.05) is 4.90 Å². The summed E-state index contributed by atoms with van der Waals surface area (Å²) in [5.74, 6) is -1.10. The first kappa shape index (κ1) is 41.0. The number of anilines is 3. The maximum atomic E-state index is 17.9. The molecule has 0 fully saturated rings. The third-order valence-electron chi connectivity index (χ3n) is 14.1. The van der Waals surface area contributed by atoms with Gasteiger partial charge in [-0.2, -0.15) is 0 Å². The molecule has 0 aromatic heterocycles. The van der Waals surface area contributed by atoms with E-state index in [-0.39, 0.29) is 23.4 Å².